The third-order valence-electron chi connectivity index (χ3n) is 7.09. The lowest BCUT2D eigenvalue weighted by molar-refractivity contribution is -0.116. The maximum atomic E-state index is 16.5. The summed E-state index contributed by atoms with van der Waals surface area (Å²) in [5.74, 6) is -0.384. The summed E-state index contributed by atoms with van der Waals surface area (Å²) >= 11 is 6.72. The van der Waals surface area contributed by atoms with Crippen LogP contribution in [-0.2, 0) is 4.79 Å². The van der Waals surface area contributed by atoms with E-state index in [-0.39, 0.29) is 52.5 Å². The van der Waals surface area contributed by atoms with Crippen molar-refractivity contribution in [1.29, 1.82) is 0 Å². The topological polar surface area (TPSA) is 118 Å². The van der Waals surface area contributed by atoms with Crippen molar-refractivity contribution in [1.82, 2.24) is 25.2 Å². The van der Waals surface area contributed by atoms with Crippen LogP contribution in [0.5, 0.6) is 6.01 Å². The Balaban J connectivity index is 1.61. The molecule has 1 fully saturated rings. The number of rotatable bonds is 9. The standard InChI is InChI=1S/C29H31ClFN7O2/c1-4-23(39)33-14-16(2)34-28-20-13-21(30)24(26-19-10-6-5-8-17(19)12-22(32)35-26)25(31)27(20)36-29(37-28)40-15-18-9-7-11-38(18)3/h4-6,8,10,12-13,16,18H,1,7,9,11,14-15H2,2-3H3,(H2,32,35)(H,33,39)(H,34,36,37)/t16-,18-/m0/s1. The highest BCUT2D eigenvalue weighted by molar-refractivity contribution is 6.34. The summed E-state index contributed by atoms with van der Waals surface area (Å²) in [6.45, 7) is 6.98. The Bertz CT molecular complexity index is 1600. The number of fused-ring (bicyclic) bond motifs is 2. The molecule has 0 aliphatic carbocycles. The monoisotopic (exact) mass is 563 g/mol. The van der Waals surface area contributed by atoms with Gasteiger partial charge in [0.15, 0.2) is 5.82 Å². The largest absolute Gasteiger partial charge is 0.462 e. The number of amides is 1. The normalized spacial score (nSPS) is 16.2. The van der Waals surface area contributed by atoms with Gasteiger partial charge in [-0.3, -0.25) is 4.79 Å². The van der Waals surface area contributed by atoms with Gasteiger partial charge in [-0.1, -0.05) is 42.4 Å². The Hall–Kier alpha value is -4.02. The number of likely N-dealkylation sites (N-methyl/N-ethyl adjacent to an activating group) is 1. The number of hydrogen-bond acceptors (Lipinski definition) is 8. The molecule has 3 heterocycles. The molecule has 0 spiro atoms. The van der Waals surface area contributed by atoms with Crippen LogP contribution in [0.2, 0.25) is 5.02 Å². The molecule has 0 radical (unpaired) electrons. The molecule has 0 unspecified atom stereocenters. The summed E-state index contributed by atoms with van der Waals surface area (Å²) in [6.07, 6.45) is 3.28. The average molecular weight is 564 g/mol. The number of nitrogens with zero attached hydrogens (tertiary/aromatic N) is 4. The van der Waals surface area contributed by atoms with E-state index in [1.165, 1.54) is 6.08 Å². The zero-order valence-electron chi connectivity index (χ0n) is 22.4. The molecule has 0 saturated carbocycles. The number of ether oxygens (including phenoxy) is 1. The van der Waals surface area contributed by atoms with Crippen LogP contribution in [0.25, 0.3) is 32.9 Å². The number of hydrogen-bond donors (Lipinski definition) is 3. The molecular formula is C29H31ClFN7O2. The first-order valence-electron chi connectivity index (χ1n) is 13.1. The molecule has 11 heteroatoms. The molecule has 5 rings (SSSR count). The van der Waals surface area contributed by atoms with Gasteiger partial charge < -0.3 is 26.0 Å². The van der Waals surface area contributed by atoms with Gasteiger partial charge in [0.1, 0.15) is 23.8 Å². The van der Waals surface area contributed by atoms with Gasteiger partial charge in [0, 0.05) is 29.4 Å². The molecular weight excluding hydrogens is 533 g/mol. The van der Waals surface area contributed by atoms with Crippen LogP contribution >= 0.6 is 11.6 Å². The maximum Gasteiger partial charge on any atom is 0.319 e. The smallest absolute Gasteiger partial charge is 0.319 e. The van der Waals surface area contributed by atoms with Gasteiger partial charge in [0.05, 0.1) is 16.3 Å². The Labute approximate surface area is 236 Å². The number of aromatic nitrogens is 3. The van der Waals surface area contributed by atoms with E-state index in [2.05, 4.69) is 37.1 Å². The van der Waals surface area contributed by atoms with Gasteiger partial charge in [-0.05, 0) is 57.0 Å². The number of carbonyl (C=O) groups excluding carboxylic acids is 1. The molecule has 1 aliphatic rings. The Morgan fingerprint density at radius 1 is 1.30 bits per heavy atom. The zero-order chi connectivity index (χ0) is 28.4. The highest BCUT2D eigenvalue weighted by atomic mass is 35.5. The molecule has 1 aliphatic heterocycles. The number of benzene rings is 2. The summed E-state index contributed by atoms with van der Waals surface area (Å²) in [4.78, 5) is 27.4. The van der Waals surface area contributed by atoms with Gasteiger partial charge >= 0.3 is 6.01 Å². The Morgan fingerprint density at radius 3 is 2.85 bits per heavy atom. The molecule has 2 atom stereocenters. The van der Waals surface area contributed by atoms with Crippen molar-refractivity contribution < 1.29 is 13.9 Å². The number of anilines is 2. The van der Waals surface area contributed by atoms with Crippen molar-refractivity contribution in [3.63, 3.8) is 0 Å². The van der Waals surface area contributed by atoms with Crippen molar-refractivity contribution in [2.24, 2.45) is 0 Å². The third-order valence-corrected chi connectivity index (χ3v) is 7.38. The van der Waals surface area contributed by atoms with Crippen molar-refractivity contribution in [2.45, 2.75) is 31.8 Å². The van der Waals surface area contributed by atoms with Gasteiger partial charge in [-0.25, -0.2) is 9.37 Å². The maximum absolute atomic E-state index is 16.5. The van der Waals surface area contributed by atoms with Crippen LogP contribution in [-0.4, -0.2) is 64.6 Å². The average Bonchev–Trinajstić information content (AvgIpc) is 3.35. The summed E-state index contributed by atoms with van der Waals surface area (Å²) in [6, 6.07) is 10.8. The minimum atomic E-state index is -0.661. The van der Waals surface area contributed by atoms with Gasteiger partial charge in [0.25, 0.3) is 0 Å². The van der Waals surface area contributed by atoms with E-state index in [0.29, 0.717) is 28.9 Å². The molecule has 1 saturated heterocycles. The van der Waals surface area contributed by atoms with E-state index in [4.69, 9.17) is 22.1 Å². The lowest BCUT2D eigenvalue weighted by atomic mass is 10.0. The van der Waals surface area contributed by atoms with E-state index in [1.807, 2.05) is 38.2 Å². The Kier molecular flexibility index (Phi) is 7.99. The number of nitrogen functional groups attached to an aromatic ring is 1. The second-order valence-electron chi connectivity index (χ2n) is 10.00. The summed E-state index contributed by atoms with van der Waals surface area (Å²) < 4.78 is 22.5. The minimum Gasteiger partial charge on any atom is -0.462 e. The summed E-state index contributed by atoms with van der Waals surface area (Å²) in [5.41, 5.74) is 6.52. The summed E-state index contributed by atoms with van der Waals surface area (Å²) in [7, 11) is 2.05. The number of pyridine rings is 1. The van der Waals surface area contributed by atoms with Crippen LogP contribution in [0.4, 0.5) is 16.0 Å². The molecule has 9 nitrogen and oxygen atoms in total. The molecule has 208 valence electrons. The lowest BCUT2D eigenvalue weighted by Crippen LogP contribution is -2.34. The van der Waals surface area contributed by atoms with Gasteiger partial charge in [-0.2, -0.15) is 9.97 Å². The Morgan fingerprint density at radius 2 is 2.10 bits per heavy atom. The van der Waals surface area contributed by atoms with Crippen molar-refractivity contribution in [3.8, 4) is 17.3 Å². The predicted octanol–water partition coefficient (Wildman–Crippen LogP) is 4.80. The van der Waals surface area contributed by atoms with E-state index >= 15 is 4.39 Å². The number of nitrogens with one attached hydrogen (secondary N) is 2. The first kappa shape index (κ1) is 27.5. The van der Waals surface area contributed by atoms with Gasteiger partial charge in [0.2, 0.25) is 5.91 Å². The molecule has 40 heavy (non-hydrogen) atoms. The van der Waals surface area contributed by atoms with Crippen molar-refractivity contribution in [3.05, 3.63) is 59.9 Å². The molecule has 0 bridgehead atoms. The first-order valence-corrected chi connectivity index (χ1v) is 13.5. The molecule has 1 amide bonds. The van der Waals surface area contributed by atoms with E-state index in [9.17, 15) is 4.79 Å². The minimum absolute atomic E-state index is 0.0299. The molecule has 4 N–H and O–H groups in total. The van der Waals surface area contributed by atoms with E-state index < -0.39 is 5.82 Å². The highest BCUT2D eigenvalue weighted by Crippen LogP contribution is 2.40. The van der Waals surface area contributed by atoms with E-state index in [0.717, 1.165) is 24.8 Å². The van der Waals surface area contributed by atoms with Crippen LogP contribution in [0.1, 0.15) is 19.8 Å². The van der Waals surface area contributed by atoms with E-state index in [1.54, 1.807) is 12.1 Å². The second kappa shape index (κ2) is 11.6. The number of nitrogens with two attached hydrogens (primary N) is 1. The quantitative estimate of drug-likeness (QED) is 0.249. The SMILES string of the molecule is C=CC(=O)NC[C@H](C)Nc1nc(OC[C@@H]2CCCN2C)nc2c(F)c(-c3nc(N)cc4ccccc34)c(Cl)cc12. The van der Waals surface area contributed by atoms with Crippen molar-refractivity contribution >= 4 is 50.8 Å². The number of halogens is 2. The number of likely N-dealkylation sites (tertiary alicyclic amines) is 1. The van der Waals surface area contributed by atoms with Gasteiger partial charge in [-0.15, -0.1) is 0 Å². The van der Waals surface area contributed by atoms with Crippen LogP contribution in [0, 0.1) is 5.82 Å². The fourth-order valence-electron chi connectivity index (χ4n) is 4.95. The fraction of sp³-hybridized carbons (Fsp3) is 0.310. The van der Waals surface area contributed by atoms with Crippen molar-refractivity contribution in [2.75, 3.05) is 37.8 Å². The fourth-order valence-corrected chi connectivity index (χ4v) is 5.23. The van der Waals surface area contributed by atoms with Crippen LogP contribution in [0.15, 0.2) is 49.1 Å². The lowest BCUT2D eigenvalue weighted by Gasteiger charge is -2.21. The summed E-state index contributed by atoms with van der Waals surface area (Å²) in [5, 5.41) is 8.00. The predicted molar refractivity (Wildman–Crippen MR) is 157 cm³/mol. The molecule has 2 aromatic carbocycles. The molecule has 4 aromatic rings. The highest BCUT2D eigenvalue weighted by Gasteiger charge is 2.25. The van der Waals surface area contributed by atoms with Crippen LogP contribution < -0.4 is 21.1 Å². The second-order valence-corrected chi connectivity index (χ2v) is 10.4. The number of carbonyl (C=O) groups is 1. The molecule has 2 aromatic heterocycles. The van der Waals surface area contributed by atoms with Crippen LogP contribution in [0.3, 0.4) is 0 Å². The first-order chi connectivity index (χ1) is 19.2. The zero-order valence-corrected chi connectivity index (χ0v) is 23.1. The third kappa shape index (κ3) is 5.64.